The van der Waals surface area contributed by atoms with Crippen LogP contribution in [0.1, 0.15) is 27.2 Å². The fourth-order valence-electron chi connectivity index (χ4n) is 2.71. The maximum Gasteiger partial charge on any atom is 0.251 e. The number of para-hydroxylation sites is 2. The predicted octanol–water partition coefficient (Wildman–Crippen LogP) is 2.49. The minimum absolute atomic E-state index is 0.0608. The second-order valence-electron chi connectivity index (χ2n) is 6.50. The van der Waals surface area contributed by atoms with Gasteiger partial charge in [0.05, 0.1) is 5.69 Å². The van der Waals surface area contributed by atoms with Crippen molar-refractivity contribution < 1.29 is 14.6 Å². The van der Waals surface area contributed by atoms with Gasteiger partial charge < -0.3 is 19.6 Å². The number of carbonyl (C=O) groups is 1. The Morgan fingerprint density at radius 1 is 1.17 bits per heavy atom. The van der Waals surface area contributed by atoms with Crippen molar-refractivity contribution in [2.45, 2.75) is 33.3 Å². The Morgan fingerprint density at radius 2 is 1.83 bits per heavy atom. The van der Waals surface area contributed by atoms with Gasteiger partial charge in [0, 0.05) is 32.8 Å². The predicted molar refractivity (Wildman–Crippen MR) is 91.8 cm³/mol. The van der Waals surface area contributed by atoms with E-state index in [2.05, 4.69) is 18.7 Å². The van der Waals surface area contributed by atoms with Crippen LogP contribution in [-0.2, 0) is 9.53 Å². The molecule has 23 heavy (non-hydrogen) atoms. The summed E-state index contributed by atoms with van der Waals surface area (Å²) in [6.07, 6.45) is 0.587. The van der Waals surface area contributed by atoms with Crippen molar-refractivity contribution in [3.8, 4) is 5.75 Å². The van der Waals surface area contributed by atoms with Gasteiger partial charge in [0.1, 0.15) is 11.9 Å². The van der Waals surface area contributed by atoms with Gasteiger partial charge in [0.25, 0.3) is 5.91 Å². The number of aromatic hydroxyl groups is 1. The summed E-state index contributed by atoms with van der Waals surface area (Å²) in [5, 5.41) is 9.93. The number of carbonyl (C=O) groups excluding carboxylic acids is 1. The van der Waals surface area contributed by atoms with E-state index in [9.17, 15) is 9.90 Å². The Labute approximate surface area is 138 Å². The molecule has 1 aromatic rings. The number of hydrogen-bond donors (Lipinski definition) is 1. The van der Waals surface area contributed by atoms with Crippen LogP contribution in [0, 0.1) is 5.92 Å². The monoisotopic (exact) mass is 320 g/mol. The van der Waals surface area contributed by atoms with Crippen molar-refractivity contribution >= 4 is 11.6 Å². The second kappa shape index (κ2) is 8.20. The third-order valence-corrected chi connectivity index (χ3v) is 4.22. The zero-order valence-electron chi connectivity index (χ0n) is 14.4. The van der Waals surface area contributed by atoms with Crippen molar-refractivity contribution in [3.63, 3.8) is 0 Å². The Kier molecular flexibility index (Phi) is 6.28. The van der Waals surface area contributed by atoms with Gasteiger partial charge >= 0.3 is 0 Å². The summed E-state index contributed by atoms with van der Waals surface area (Å²) in [5.41, 5.74) is 0.834. The molecule has 128 valence electrons. The molecule has 0 aliphatic carbocycles. The number of nitrogens with zero attached hydrogens (tertiary/aromatic N) is 2. The van der Waals surface area contributed by atoms with Gasteiger partial charge in [-0.15, -0.1) is 0 Å². The fourth-order valence-corrected chi connectivity index (χ4v) is 2.71. The Balaban J connectivity index is 1.81. The normalized spacial score (nSPS) is 16.7. The van der Waals surface area contributed by atoms with E-state index in [0.717, 1.165) is 25.2 Å². The first kappa shape index (κ1) is 17.6. The zero-order chi connectivity index (χ0) is 16.8. The quantitative estimate of drug-likeness (QED) is 0.875. The lowest BCUT2D eigenvalue weighted by molar-refractivity contribution is -0.143. The van der Waals surface area contributed by atoms with Gasteiger partial charge in [-0.1, -0.05) is 26.0 Å². The lowest BCUT2D eigenvalue weighted by atomic mass is 10.1. The Bertz CT molecular complexity index is 511. The third-order valence-electron chi connectivity index (χ3n) is 4.22. The van der Waals surface area contributed by atoms with E-state index < -0.39 is 0 Å². The van der Waals surface area contributed by atoms with E-state index in [-0.39, 0.29) is 17.8 Å². The SMILES string of the molecule is CC(C)CCOC(C)C(=O)N1CCN(c2ccccc2O)CC1. The van der Waals surface area contributed by atoms with Crippen LogP contribution in [0.25, 0.3) is 0 Å². The average molecular weight is 320 g/mol. The number of phenols is 1. The maximum absolute atomic E-state index is 12.4. The molecular weight excluding hydrogens is 292 g/mol. The number of phenolic OH excluding ortho intramolecular Hbond substituents is 1. The van der Waals surface area contributed by atoms with Gasteiger partial charge in [-0.25, -0.2) is 0 Å². The molecule has 1 aliphatic rings. The zero-order valence-corrected chi connectivity index (χ0v) is 14.4. The highest BCUT2D eigenvalue weighted by Gasteiger charge is 2.26. The molecule has 0 bridgehead atoms. The van der Waals surface area contributed by atoms with Crippen LogP contribution in [-0.4, -0.2) is 54.8 Å². The largest absolute Gasteiger partial charge is 0.506 e. The number of benzene rings is 1. The first-order valence-corrected chi connectivity index (χ1v) is 8.42. The lowest BCUT2D eigenvalue weighted by Crippen LogP contribution is -2.51. The molecule has 0 aromatic heterocycles. The molecule has 2 rings (SSSR count). The molecule has 0 saturated carbocycles. The van der Waals surface area contributed by atoms with Crippen molar-refractivity contribution in [2.75, 3.05) is 37.7 Å². The van der Waals surface area contributed by atoms with Crippen LogP contribution >= 0.6 is 0 Å². The molecule has 1 heterocycles. The molecule has 1 unspecified atom stereocenters. The van der Waals surface area contributed by atoms with Gasteiger partial charge in [-0.05, 0) is 31.4 Å². The molecule has 1 aromatic carbocycles. The summed E-state index contributed by atoms with van der Waals surface area (Å²) >= 11 is 0. The van der Waals surface area contributed by atoms with E-state index in [1.54, 1.807) is 6.07 Å². The first-order chi connectivity index (χ1) is 11.0. The average Bonchev–Trinajstić information content (AvgIpc) is 2.54. The van der Waals surface area contributed by atoms with E-state index in [0.29, 0.717) is 25.6 Å². The van der Waals surface area contributed by atoms with Crippen LogP contribution < -0.4 is 4.90 Å². The molecule has 1 saturated heterocycles. The second-order valence-corrected chi connectivity index (χ2v) is 6.50. The topological polar surface area (TPSA) is 53.0 Å². The lowest BCUT2D eigenvalue weighted by Gasteiger charge is -2.37. The fraction of sp³-hybridized carbons (Fsp3) is 0.611. The van der Waals surface area contributed by atoms with Crippen molar-refractivity contribution in [1.29, 1.82) is 0 Å². The van der Waals surface area contributed by atoms with Gasteiger partial charge in [0.15, 0.2) is 0 Å². The maximum atomic E-state index is 12.4. The molecule has 5 nitrogen and oxygen atoms in total. The van der Waals surface area contributed by atoms with E-state index >= 15 is 0 Å². The highest BCUT2D eigenvalue weighted by molar-refractivity contribution is 5.80. The highest BCUT2D eigenvalue weighted by atomic mass is 16.5. The van der Waals surface area contributed by atoms with E-state index in [1.165, 1.54) is 0 Å². The number of ether oxygens (including phenoxy) is 1. The standard InChI is InChI=1S/C18H28N2O3/c1-14(2)8-13-23-15(3)18(22)20-11-9-19(10-12-20)16-6-4-5-7-17(16)21/h4-7,14-15,21H,8-13H2,1-3H3. The Morgan fingerprint density at radius 3 is 2.43 bits per heavy atom. The van der Waals surface area contributed by atoms with Crippen LogP contribution in [0.5, 0.6) is 5.75 Å². The van der Waals surface area contributed by atoms with Crippen molar-refractivity contribution in [1.82, 2.24) is 4.90 Å². The van der Waals surface area contributed by atoms with Crippen molar-refractivity contribution in [2.24, 2.45) is 5.92 Å². The van der Waals surface area contributed by atoms with Crippen LogP contribution in [0.2, 0.25) is 0 Å². The molecule has 1 fully saturated rings. The molecule has 5 heteroatoms. The van der Waals surface area contributed by atoms with Crippen LogP contribution in [0.4, 0.5) is 5.69 Å². The molecule has 0 radical (unpaired) electrons. The number of hydrogen-bond acceptors (Lipinski definition) is 4. The highest BCUT2D eigenvalue weighted by Crippen LogP contribution is 2.27. The minimum atomic E-state index is -0.384. The number of rotatable bonds is 6. The molecule has 0 spiro atoms. The molecule has 1 atom stereocenters. The van der Waals surface area contributed by atoms with Gasteiger partial charge in [0.2, 0.25) is 0 Å². The van der Waals surface area contributed by atoms with Gasteiger partial charge in [-0.2, -0.15) is 0 Å². The Hall–Kier alpha value is -1.75. The summed E-state index contributed by atoms with van der Waals surface area (Å²) in [4.78, 5) is 16.4. The number of piperazine rings is 1. The molecule has 1 amide bonds. The van der Waals surface area contributed by atoms with Crippen LogP contribution in [0.15, 0.2) is 24.3 Å². The molecular formula is C18H28N2O3. The molecule has 1 N–H and O–H groups in total. The van der Waals surface area contributed by atoms with Gasteiger partial charge in [-0.3, -0.25) is 4.79 Å². The summed E-state index contributed by atoms with van der Waals surface area (Å²) in [6, 6.07) is 7.33. The van der Waals surface area contributed by atoms with E-state index in [1.807, 2.05) is 30.0 Å². The number of amides is 1. The summed E-state index contributed by atoms with van der Waals surface area (Å²) in [6.45, 7) is 9.52. The van der Waals surface area contributed by atoms with E-state index in [4.69, 9.17) is 4.74 Å². The molecule has 1 aliphatic heterocycles. The first-order valence-electron chi connectivity index (χ1n) is 8.42. The smallest absolute Gasteiger partial charge is 0.251 e. The summed E-state index contributed by atoms with van der Waals surface area (Å²) < 4.78 is 5.65. The summed E-state index contributed by atoms with van der Waals surface area (Å²) in [5.74, 6) is 0.933. The number of anilines is 1. The van der Waals surface area contributed by atoms with Crippen LogP contribution in [0.3, 0.4) is 0 Å². The minimum Gasteiger partial charge on any atom is -0.506 e. The van der Waals surface area contributed by atoms with Crippen molar-refractivity contribution in [3.05, 3.63) is 24.3 Å². The summed E-state index contributed by atoms with van der Waals surface area (Å²) in [7, 11) is 0. The third kappa shape index (κ3) is 4.86.